The Morgan fingerprint density at radius 2 is 1.74 bits per heavy atom. The number of hydrogen-bond donors (Lipinski definition) is 0. The van der Waals surface area contributed by atoms with Gasteiger partial charge < -0.3 is 9.47 Å². The van der Waals surface area contributed by atoms with Gasteiger partial charge in [0, 0.05) is 27.7 Å². The molecule has 2 aromatic carbocycles. The third kappa shape index (κ3) is 4.58. The molecule has 9 heteroatoms. The Hall–Kier alpha value is -2.81. The van der Waals surface area contributed by atoms with Crippen LogP contribution in [0.1, 0.15) is 55.1 Å². The van der Waals surface area contributed by atoms with Crippen molar-refractivity contribution in [2.75, 3.05) is 13.2 Å². The first-order valence-electron chi connectivity index (χ1n) is 10.9. The maximum Gasteiger partial charge on any atom is 0.411 e. The molecule has 4 rings (SSSR count). The minimum Gasteiger partial charge on any atom is -0.456 e. The molecule has 0 spiro atoms. The molecule has 180 valence electrons. The fraction of sp³-hybridized carbons (Fsp3) is 0.400. The summed E-state index contributed by atoms with van der Waals surface area (Å²) in [5.74, 6) is -4.58. The smallest absolute Gasteiger partial charge is 0.411 e. The fourth-order valence-electron chi connectivity index (χ4n) is 4.24. The Morgan fingerprint density at radius 1 is 1.09 bits per heavy atom. The number of likely N-dealkylation sites (tertiary alicyclic amines) is 1. The molecule has 0 radical (unpaired) electrons. The lowest BCUT2D eigenvalue weighted by atomic mass is 10.0. The number of Topliss-reactive ketones (excluding diaryl/α,β-unsaturated/α-hetero) is 1. The number of ketones is 1. The van der Waals surface area contributed by atoms with E-state index in [1.54, 1.807) is 32.9 Å². The topological polar surface area (TPSA) is 72.9 Å². The zero-order valence-electron chi connectivity index (χ0n) is 19.0. The van der Waals surface area contributed by atoms with Crippen molar-refractivity contribution < 1.29 is 32.6 Å². The van der Waals surface area contributed by atoms with Gasteiger partial charge in [-0.05, 0) is 62.9 Å². The van der Waals surface area contributed by atoms with E-state index < -0.39 is 42.0 Å². The van der Waals surface area contributed by atoms with Gasteiger partial charge in [0.25, 0.3) is 5.92 Å². The van der Waals surface area contributed by atoms with Crippen LogP contribution in [0.4, 0.5) is 13.6 Å². The van der Waals surface area contributed by atoms with E-state index >= 15 is 8.78 Å². The summed E-state index contributed by atoms with van der Waals surface area (Å²) in [7, 11) is 0. The first-order chi connectivity index (χ1) is 15.9. The molecule has 1 aliphatic carbocycles. The predicted octanol–water partition coefficient (Wildman–Crippen LogP) is 5.70. The van der Waals surface area contributed by atoms with Crippen LogP contribution >= 0.6 is 15.9 Å². The molecule has 1 heterocycles. The monoisotopic (exact) mass is 535 g/mol. The van der Waals surface area contributed by atoms with Gasteiger partial charge in [-0.25, -0.2) is 9.59 Å². The first-order valence-corrected chi connectivity index (χ1v) is 11.7. The quantitative estimate of drug-likeness (QED) is 0.371. The van der Waals surface area contributed by atoms with Crippen molar-refractivity contribution in [2.24, 2.45) is 0 Å². The van der Waals surface area contributed by atoms with E-state index in [4.69, 9.17) is 9.47 Å². The Kier molecular flexibility index (Phi) is 6.27. The number of carbonyl (C=O) groups excluding carboxylic acids is 3. The summed E-state index contributed by atoms with van der Waals surface area (Å²) in [5.41, 5.74) is -0.304. The predicted molar refractivity (Wildman–Crippen MR) is 124 cm³/mol. The number of rotatable bonds is 4. The van der Waals surface area contributed by atoms with Gasteiger partial charge in [-0.15, -0.1) is 0 Å². The normalized spacial score (nSPS) is 18.3. The average molecular weight is 536 g/mol. The van der Waals surface area contributed by atoms with Crippen LogP contribution in [0.25, 0.3) is 11.1 Å². The summed E-state index contributed by atoms with van der Waals surface area (Å²) in [6.07, 6.45) is 0.375. The number of nitrogens with zero attached hydrogens (tertiary/aromatic N) is 1. The van der Waals surface area contributed by atoms with E-state index in [0.29, 0.717) is 35.0 Å². The van der Waals surface area contributed by atoms with Gasteiger partial charge in [-0.1, -0.05) is 34.1 Å². The van der Waals surface area contributed by atoms with Gasteiger partial charge in [0.15, 0.2) is 12.4 Å². The number of esters is 1. The van der Waals surface area contributed by atoms with E-state index in [1.807, 2.05) is 0 Å². The Bertz CT molecular complexity index is 1170. The number of hydrogen-bond acceptors (Lipinski definition) is 5. The van der Waals surface area contributed by atoms with Crippen LogP contribution < -0.4 is 0 Å². The first kappa shape index (κ1) is 24.3. The molecule has 6 nitrogen and oxygen atoms in total. The molecule has 0 N–H and O–H groups in total. The highest BCUT2D eigenvalue weighted by Gasteiger charge is 2.45. The second kappa shape index (κ2) is 8.76. The molecule has 1 atom stereocenters. The minimum absolute atomic E-state index is 0.0218. The molecule has 1 amide bonds. The van der Waals surface area contributed by atoms with Crippen LogP contribution in [-0.4, -0.2) is 47.5 Å². The largest absolute Gasteiger partial charge is 0.456 e. The van der Waals surface area contributed by atoms with Gasteiger partial charge >= 0.3 is 12.1 Å². The summed E-state index contributed by atoms with van der Waals surface area (Å²) in [6, 6.07) is 7.91. The molecule has 0 unspecified atom stereocenters. The van der Waals surface area contributed by atoms with Gasteiger partial charge in [0.2, 0.25) is 0 Å². The molecule has 2 aliphatic rings. The number of alkyl halides is 2. The number of carbonyl (C=O) groups is 3. The molecule has 0 saturated carbocycles. The van der Waals surface area contributed by atoms with Crippen molar-refractivity contribution in [3.63, 3.8) is 0 Å². The number of amides is 1. The van der Waals surface area contributed by atoms with Crippen molar-refractivity contribution in [3.05, 3.63) is 57.6 Å². The zero-order valence-corrected chi connectivity index (χ0v) is 20.6. The molecule has 0 bridgehead atoms. The van der Waals surface area contributed by atoms with E-state index in [9.17, 15) is 14.4 Å². The molecule has 1 fully saturated rings. The Morgan fingerprint density at radius 3 is 2.41 bits per heavy atom. The molecular weight excluding hydrogens is 512 g/mol. The standard InChI is InChI=1S/C25H24BrF2NO5/c1-24(2,3)34-23(32)29-10-4-5-20(29)22(31)33-13-21(30)14-6-8-16-17-9-7-15(26)12-19(17)25(27,28)18(16)11-14/h6-9,11-12,20H,4-5,10,13H2,1-3H3/t20-/m0/s1. The molecule has 34 heavy (non-hydrogen) atoms. The van der Waals surface area contributed by atoms with E-state index in [1.165, 1.54) is 23.1 Å². The zero-order chi connectivity index (χ0) is 24.8. The number of halogens is 3. The van der Waals surface area contributed by atoms with Gasteiger partial charge in [0.05, 0.1) is 0 Å². The molecular formula is C25H24BrF2NO5. The molecule has 0 aromatic heterocycles. The lowest BCUT2D eigenvalue weighted by Gasteiger charge is -2.27. The number of ether oxygens (including phenoxy) is 2. The van der Waals surface area contributed by atoms with Gasteiger partial charge in [0.1, 0.15) is 11.6 Å². The SMILES string of the molecule is CC(C)(C)OC(=O)N1CCC[C@H]1C(=O)OCC(=O)c1ccc2c(c1)C(F)(F)c1cc(Br)ccc1-2. The maximum atomic E-state index is 15.0. The number of fused-ring (bicyclic) bond motifs is 3. The van der Waals surface area contributed by atoms with Crippen molar-refractivity contribution in [1.29, 1.82) is 0 Å². The summed E-state index contributed by atoms with van der Waals surface area (Å²) >= 11 is 3.22. The second-order valence-corrected chi connectivity index (χ2v) is 10.3. The highest BCUT2D eigenvalue weighted by molar-refractivity contribution is 9.10. The van der Waals surface area contributed by atoms with Gasteiger partial charge in [-0.3, -0.25) is 9.69 Å². The van der Waals surface area contributed by atoms with Crippen molar-refractivity contribution in [2.45, 2.75) is 51.2 Å². The highest BCUT2D eigenvalue weighted by Crippen LogP contribution is 2.51. The molecule has 2 aromatic rings. The lowest BCUT2D eigenvalue weighted by molar-refractivity contribution is -0.147. The second-order valence-electron chi connectivity index (χ2n) is 9.39. The van der Waals surface area contributed by atoms with Crippen molar-refractivity contribution in [1.82, 2.24) is 4.90 Å². The van der Waals surface area contributed by atoms with Crippen LogP contribution in [0.2, 0.25) is 0 Å². The maximum absolute atomic E-state index is 15.0. The Labute approximate surface area is 204 Å². The Balaban J connectivity index is 1.44. The fourth-order valence-corrected chi connectivity index (χ4v) is 4.60. The van der Waals surface area contributed by atoms with Crippen molar-refractivity contribution in [3.8, 4) is 11.1 Å². The van der Waals surface area contributed by atoms with Crippen LogP contribution in [-0.2, 0) is 20.2 Å². The number of benzene rings is 2. The summed E-state index contributed by atoms with van der Waals surface area (Å²) < 4.78 is 41.1. The third-order valence-corrected chi connectivity index (χ3v) is 6.28. The van der Waals surface area contributed by atoms with Gasteiger partial charge in [-0.2, -0.15) is 8.78 Å². The van der Waals surface area contributed by atoms with E-state index in [0.717, 1.165) is 6.07 Å². The van der Waals surface area contributed by atoms with Crippen LogP contribution in [0.3, 0.4) is 0 Å². The van der Waals surface area contributed by atoms with Crippen LogP contribution in [0.15, 0.2) is 40.9 Å². The van der Waals surface area contributed by atoms with E-state index in [-0.39, 0.29) is 16.7 Å². The summed E-state index contributed by atoms with van der Waals surface area (Å²) in [4.78, 5) is 38.9. The third-order valence-electron chi connectivity index (χ3n) is 5.79. The molecule has 1 saturated heterocycles. The van der Waals surface area contributed by atoms with Crippen molar-refractivity contribution >= 4 is 33.8 Å². The van der Waals surface area contributed by atoms with E-state index in [2.05, 4.69) is 15.9 Å². The summed E-state index contributed by atoms with van der Waals surface area (Å²) in [6.45, 7) is 4.92. The molecule has 1 aliphatic heterocycles. The highest BCUT2D eigenvalue weighted by atomic mass is 79.9. The van der Waals surface area contributed by atoms with Crippen LogP contribution in [0.5, 0.6) is 0 Å². The lowest BCUT2D eigenvalue weighted by Crippen LogP contribution is -2.44. The minimum atomic E-state index is -3.25. The average Bonchev–Trinajstić information content (AvgIpc) is 3.33. The van der Waals surface area contributed by atoms with Crippen LogP contribution in [0, 0.1) is 0 Å². The summed E-state index contributed by atoms with van der Waals surface area (Å²) in [5, 5.41) is 0.